The second-order valence-corrected chi connectivity index (χ2v) is 10.4. The molecule has 0 amide bonds. The van der Waals surface area contributed by atoms with Gasteiger partial charge in [0.1, 0.15) is 10.6 Å². The molecule has 1 atom stereocenters. The molecule has 1 N–H and O–H groups in total. The third kappa shape index (κ3) is 5.20. The topological polar surface area (TPSA) is 92.8 Å². The molecule has 10 heteroatoms. The average molecular weight is 423 g/mol. The first-order chi connectivity index (χ1) is 12.0. The molecule has 1 aliphatic rings. The Labute approximate surface area is 160 Å². The van der Waals surface area contributed by atoms with Crippen molar-refractivity contribution in [3.8, 4) is 5.75 Å². The molecule has 0 radical (unpaired) electrons. The van der Waals surface area contributed by atoms with Gasteiger partial charge in [-0.15, -0.1) is 0 Å². The molecule has 26 heavy (non-hydrogen) atoms. The van der Waals surface area contributed by atoms with Gasteiger partial charge in [0.2, 0.25) is 20.0 Å². The summed E-state index contributed by atoms with van der Waals surface area (Å²) in [5.41, 5.74) is 0. The number of nitrogens with one attached hydrogen (secondary N) is 1. The summed E-state index contributed by atoms with van der Waals surface area (Å²) in [4.78, 5) is 0.0163. The van der Waals surface area contributed by atoms with Crippen molar-refractivity contribution in [1.82, 2.24) is 9.03 Å². The molecule has 0 aromatic heterocycles. The van der Waals surface area contributed by atoms with Gasteiger partial charge in [-0.1, -0.05) is 18.2 Å². The average Bonchev–Trinajstić information content (AvgIpc) is 3.02. The molecule has 0 bridgehead atoms. The largest absolute Gasteiger partial charge is 0.491 e. The highest BCUT2D eigenvalue weighted by Crippen LogP contribution is 2.31. The van der Waals surface area contributed by atoms with Crippen molar-refractivity contribution in [2.75, 3.05) is 19.6 Å². The summed E-state index contributed by atoms with van der Waals surface area (Å²) in [6.07, 6.45) is 0.512. The van der Waals surface area contributed by atoms with Crippen LogP contribution in [0.15, 0.2) is 35.1 Å². The molecule has 1 aromatic carbocycles. The van der Waals surface area contributed by atoms with Crippen LogP contribution in [0.25, 0.3) is 0 Å². The van der Waals surface area contributed by atoms with Crippen molar-refractivity contribution in [2.45, 2.75) is 31.3 Å². The van der Waals surface area contributed by atoms with Crippen molar-refractivity contribution in [3.05, 3.63) is 35.2 Å². The SMILES string of the molecule is C=CS(=O)(=O)NC[C@H]1CCN(S(=O)(=O)c2ccc(OC(C)C)cc2Cl)C1. The van der Waals surface area contributed by atoms with E-state index in [4.69, 9.17) is 16.3 Å². The van der Waals surface area contributed by atoms with E-state index in [0.717, 1.165) is 5.41 Å². The lowest BCUT2D eigenvalue weighted by Crippen LogP contribution is -2.32. The Hall–Kier alpha value is -1.13. The maximum Gasteiger partial charge on any atom is 0.244 e. The number of halogens is 1. The third-order valence-electron chi connectivity index (χ3n) is 3.93. The standard InChI is InChI=1S/C16H23ClN2O5S2/c1-4-25(20,21)18-10-13-7-8-19(11-13)26(22,23)16-6-5-14(9-15(16)17)24-12(2)3/h4-6,9,12-13,18H,1,7-8,10-11H2,2-3H3/t13-/m1/s1. The molecule has 0 aliphatic carbocycles. The Morgan fingerprint density at radius 1 is 1.38 bits per heavy atom. The molecule has 0 spiro atoms. The number of nitrogens with zero attached hydrogens (tertiary/aromatic N) is 1. The Kier molecular flexibility index (Phi) is 6.73. The van der Waals surface area contributed by atoms with Crippen molar-refractivity contribution in [3.63, 3.8) is 0 Å². The molecule has 0 unspecified atom stereocenters. The smallest absolute Gasteiger partial charge is 0.244 e. The van der Waals surface area contributed by atoms with E-state index in [9.17, 15) is 16.8 Å². The van der Waals surface area contributed by atoms with Crippen LogP contribution in [0.1, 0.15) is 20.3 Å². The predicted octanol–water partition coefficient (Wildman–Crippen LogP) is 2.20. The van der Waals surface area contributed by atoms with Gasteiger partial charge < -0.3 is 4.74 Å². The van der Waals surface area contributed by atoms with Gasteiger partial charge in [-0.2, -0.15) is 4.31 Å². The molecule has 146 valence electrons. The van der Waals surface area contributed by atoms with E-state index < -0.39 is 20.0 Å². The molecule has 0 saturated carbocycles. The van der Waals surface area contributed by atoms with Crippen LogP contribution < -0.4 is 9.46 Å². The van der Waals surface area contributed by atoms with E-state index in [2.05, 4.69) is 11.3 Å². The Balaban J connectivity index is 2.10. The third-order valence-corrected chi connectivity index (χ3v) is 7.29. The van der Waals surface area contributed by atoms with Crippen molar-refractivity contribution < 1.29 is 21.6 Å². The molecule has 1 aliphatic heterocycles. The lowest BCUT2D eigenvalue weighted by atomic mass is 10.1. The second-order valence-electron chi connectivity index (χ2n) is 6.34. The maximum absolute atomic E-state index is 12.8. The minimum absolute atomic E-state index is 0.0163. The van der Waals surface area contributed by atoms with Gasteiger partial charge in [0.05, 0.1) is 11.1 Å². The van der Waals surface area contributed by atoms with Crippen LogP contribution in [0, 0.1) is 5.92 Å². The number of rotatable bonds is 8. The minimum atomic E-state index is -3.76. The lowest BCUT2D eigenvalue weighted by molar-refractivity contribution is 0.242. The highest BCUT2D eigenvalue weighted by molar-refractivity contribution is 7.92. The van der Waals surface area contributed by atoms with Gasteiger partial charge >= 0.3 is 0 Å². The van der Waals surface area contributed by atoms with Crippen molar-refractivity contribution in [2.24, 2.45) is 5.92 Å². The van der Waals surface area contributed by atoms with E-state index in [1.54, 1.807) is 6.07 Å². The van der Waals surface area contributed by atoms with E-state index in [1.807, 2.05) is 13.8 Å². The zero-order chi connectivity index (χ0) is 19.5. The van der Waals surface area contributed by atoms with Crippen molar-refractivity contribution >= 4 is 31.6 Å². The van der Waals surface area contributed by atoms with Gasteiger partial charge in [0.15, 0.2) is 0 Å². The van der Waals surface area contributed by atoms with Gasteiger partial charge in [0, 0.05) is 31.1 Å². The molecule has 1 fully saturated rings. The van der Waals surface area contributed by atoms with Crippen molar-refractivity contribution in [1.29, 1.82) is 0 Å². The Bertz CT molecular complexity index is 869. The summed E-state index contributed by atoms with van der Waals surface area (Å²) in [7, 11) is -7.28. The number of hydrogen-bond donors (Lipinski definition) is 1. The maximum atomic E-state index is 12.8. The number of hydrogen-bond acceptors (Lipinski definition) is 5. The highest BCUT2D eigenvalue weighted by atomic mass is 35.5. The molecule has 7 nitrogen and oxygen atoms in total. The number of benzene rings is 1. The van der Waals surface area contributed by atoms with Crippen LogP contribution in [0.5, 0.6) is 5.75 Å². The molecular weight excluding hydrogens is 400 g/mol. The Morgan fingerprint density at radius 2 is 2.08 bits per heavy atom. The molecule has 1 saturated heterocycles. The quantitative estimate of drug-likeness (QED) is 0.693. The van der Waals surface area contributed by atoms with Gasteiger partial charge in [-0.3, -0.25) is 0 Å². The van der Waals surface area contributed by atoms with Gasteiger partial charge in [-0.05, 0) is 38.3 Å². The second kappa shape index (κ2) is 8.26. The first-order valence-electron chi connectivity index (χ1n) is 8.13. The van der Waals surface area contributed by atoms with Crippen LogP contribution in [0.2, 0.25) is 5.02 Å². The van der Waals surface area contributed by atoms with E-state index in [1.165, 1.54) is 16.4 Å². The monoisotopic (exact) mass is 422 g/mol. The van der Waals surface area contributed by atoms with Gasteiger partial charge in [-0.25, -0.2) is 21.6 Å². The van der Waals surface area contributed by atoms with Crippen LogP contribution in [-0.2, 0) is 20.0 Å². The zero-order valence-corrected chi connectivity index (χ0v) is 17.1. The summed E-state index contributed by atoms with van der Waals surface area (Å²) in [6.45, 7) is 7.65. The molecule has 1 heterocycles. The van der Waals surface area contributed by atoms with Crippen LogP contribution in [-0.4, -0.2) is 46.9 Å². The first-order valence-corrected chi connectivity index (χ1v) is 11.5. The molecule has 2 rings (SSSR count). The molecule has 1 aromatic rings. The summed E-state index contributed by atoms with van der Waals surface area (Å²) >= 11 is 6.16. The predicted molar refractivity (Wildman–Crippen MR) is 101 cm³/mol. The summed E-state index contributed by atoms with van der Waals surface area (Å²) in [5, 5.41) is 0.927. The minimum Gasteiger partial charge on any atom is -0.491 e. The van der Waals surface area contributed by atoms with E-state index >= 15 is 0 Å². The number of sulfonamides is 2. The van der Waals surface area contributed by atoms with Gasteiger partial charge in [0.25, 0.3) is 0 Å². The Morgan fingerprint density at radius 3 is 2.65 bits per heavy atom. The first kappa shape index (κ1) is 21.2. The summed E-state index contributed by atoms with van der Waals surface area (Å²) in [6, 6.07) is 4.49. The van der Waals surface area contributed by atoms with E-state index in [0.29, 0.717) is 18.7 Å². The summed E-state index contributed by atoms with van der Waals surface area (Å²) < 4.78 is 57.7. The fourth-order valence-corrected chi connectivity index (χ4v) is 5.28. The highest BCUT2D eigenvalue weighted by Gasteiger charge is 2.34. The van der Waals surface area contributed by atoms with E-state index in [-0.39, 0.29) is 35.0 Å². The fraction of sp³-hybridized carbons (Fsp3) is 0.500. The summed E-state index contributed by atoms with van der Waals surface area (Å²) in [5.74, 6) is 0.393. The van der Waals surface area contributed by atoms with Crippen LogP contribution in [0.3, 0.4) is 0 Å². The van der Waals surface area contributed by atoms with Crippen LogP contribution in [0.4, 0.5) is 0 Å². The fourth-order valence-electron chi connectivity index (χ4n) is 2.65. The normalized spacial score (nSPS) is 19.0. The zero-order valence-electron chi connectivity index (χ0n) is 14.7. The van der Waals surface area contributed by atoms with Crippen LogP contribution >= 0.6 is 11.6 Å². The lowest BCUT2D eigenvalue weighted by Gasteiger charge is -2.18. The number of ether oxygens (including phenoxy) is 1. The molecular formula is C16H23ClN2O5S2.